The van der Waals surface area contributed by atoms with E-state index in [4.69, 9.17) is 23.2 Å². The van der Waals surface area contributed by atoms with Crippen molar-refractivity contribution in [2.45, 2.75) is 18.2 Å². The summed E-state index contributed by atoms with van der Waals surface area (Å²) >= 11 is 13.7. The molecular formula is C18H16Cl2N2O3S. The molecule has 0 N–H and O–H groups in total. The standard InChI is InChI=1S/C18H16Cl2N2O3S/c19-14-5-1-12(16(20)11-14)4-8-17(23)21-9-10-26-18(21)13-2-6-15(7-3-13)22(24)25/h1-3,5-7,11,18H,4,8-10H2/t18-/m1/s1. The van der Waals surface area contributed by atoms with Crippen molar-refractivity contribution in [3.05, 3.63) is 73.8 Å². The molecule has 0 spiro atoms. The Morgan fingerprint density at radius 3 is 2.62 bits per heavy atom. The van der Waals surface area contributed by atoms with Crippen LogP contribution >= 0.6 is 35.0 Å². The largest absolute Gasteiger partial charge is 0.326 e. The summed E-state index contributed by atoms with van der Waals surface area (Å²) in [5, 5.41) is 11.8. The fourth-order valence-corrected chi connectivity index (χ4v) is 4.65. The van der Waals surface area contributed by atoms with Gasteiger partial charge < -0.3 is 4.90 Å². The zero-order valence-corrected chi connectivity index (χ0v) is 16.1. The van der Waals surface area contributed by atoms with Crippen molar-refractivity contribution in [2.75, 3.05) is 12.3 Å². The Hall–Kier alpha value is -1.76. The van der Waals surface area contributed by atoms with Crippen LogP contribution in [0.2, 0.25) is 10.0 Å². The predicted molar refractivity (Wildman–Crippen MR) is 105 cm³/mol. The van der Waals surface area contributed by atoms with E-state index in [2.05, 4.69) is 0 Å². The maximum absolute atomic E-state index is 12.7. The van der Waals surface area contributed by atoms with E-state index in [-0.39, 0.29) is 17.0 Å². The van der Waals surface area contributed by atoms with E-state index in [1.54, 1.807) is 36.0 Å². The zero-order valence-electron chi connectivity index (χ0n) is 13.7. The summed E-state index contributed by atoms with van der Waals surface area (Å²) < 4.78 is 0. The SMILES string of the molecule is O=C(CCc1ccc(Cl)cc1Cl)N1CCS[C@@H]1c1ccc([N+](=O)[O-])cc1. The van der Waals surface area contributed by atoms with Crippen LogP contribution in [0.4, 0.5) is 5.69 Å². The molecule has 0 unspecified atom stereocenters. The van der Waals surface area contributed by atoms with Crippen LogP contribution in [0, 0.1) is 10.1 Å². The number of nitro benzene ring substituents is 1. The van der Waals surface area contributed by atoms with E-state index in [0.717, 1.165) is 16.9 Å². The van der Waals surface area contributed by atoms with E-state index in [0.29, 0.717) is 29.4 Å². The number of rotatable bonds is 5. The lowest BCUT2D eigenvalue weighted by molar-refractivity contribution is -0.384. The summed E-state index contributed by atoms with van der Waals surface area (Å²) in [6, 6.07) is 11.7. The number of hydrogen-bond acceptors (Lipinski definition) is 4. The van der Waals surface area contributed by atoms with E-state index >= 15 is 0 Å². The van der Waals surface area contributed by atoms with Crippen LogP contribution in [0.1, 0.15) is 22.9 Å². The number of carbonyl (C=O) groups is 1. The molecule has 1 aliphatic rings. The molecule has 5 nitrogen and oxygen atoms in total. The molecule has 0 bridgehead atoms. The maximum Gasteiger partial charge on any atom is 0.269 e. The number of aryl methyl sites for hydroxylation is 1. The van der Waals surface area contributed by atoms with Crippen molar-refractivity contribution >= 4 is 46.6 Å². The van der Waals surface area contributed by atoms with Crippen molar-refractivity contribution in [3.8, 4) is 0 Å². The van der Waals surface area contributed by atoms with Gasteiger partial charge in [0.2, 0.25) is 5.91 Å². The van der Waals surface area contributed by atoms with Crippen molar-refractivity contribution in [1.82, 2.24) is 4.90 Å². The fraction of sp³-hybridized carbons (Fsp3) is 0.278. The Balaban J connectivity index is 1.67. The van der Waals surface area contributed by atoms with Crippen LogP contribution < -0.4 is 0 Å². The quantitative estimate of drug-likeness (QED) is 0.507. The lowest BCUT2D eigenvalue weighted by Crippen LogP contribution is -2.30. The van der Waals surface area contributed by atoms with Crippen LogP contribution in [-0.2, 0) is 11.2 Å². The van der Waals surface area contributed by atoms with Crippen LogP contribution in [0.15, 0.2) is 42.5 Å². The van der Waals surface area contributed by atoms with Crippen molar-refractivity contribution in [3.63, 3.8) is 0 Å². The number of amides is 1. The molecule has 0 radical (unpaired) electrons. The summed E-state index contributed by atoms with van der Waals surface area (Å²) in [6.45, 7) is 0.666. The molecule has 2 aromatic carbocycles. The number of halogens is 2. The number of thioether (sulfide) groups is 1. The molecule has 1 amide bonds. The average Bonchev–Trinajstić information content (AvgIpc) is 3.10. The average molecular weight is 411 g/mol. The van der Waals surface area contributed by atoms with Gasteiger partial charge in [0.25, 0.3) is 5.69 Å². The monoisotopic (exact) mass is 410 g/mol. The van der Waals surface area contributed by atoms with Gasteiger partial charge in [0.05, 0.1) is 4.92 Å². The third-order valence-electron chi connectivity index (χ3n) is 4.22. The summed E-state index contributed by atoms with van der Waals surface area (Å²) in [5.41, 5.74) is 1.84. The molecule has 3 rings (SSSR count). The molecule has 1 saturated heterocycles. The van der Waals surface area contributed by atoms with E-state index in [9.17, 15) is 14.9 Å². The van der Waals surface area contributed by atoms with Gasteiger partial charge in [-0.2, -0.15) is 0 Å². The highest BCUT2D eigenvalue weighted by molar-refractivity contribution is 7.99. The van der Waals surface area contributed by atoms with Crippen LogP contribution in [0.25, 0.3) is 0 Å². The highest BCUT2D eigenvalue weighted by Crippen LogP contribution is 2.38. The van der Waals surface area contributed by atoms with E-state index < -0.39 is 4.92 Å². The first-order valence-electron chi connectivity index (χ1n) is 8.05. The topological polar surface area (TPSA) is 63.5 Å². The van der Waals surface area contributed by atoms with Crippen LogP contribution in [-0.4, -0.2) is 28.0 Å². The molecule has 0 aromatic heterocycles. The smallest absolute Gasteiger partial charge is 0.269 e. The van der Waals surface area contributed by atoms with Crippen molar-refractivity contribution < 1.29 is 9.72 Å². The summed E-state index contributed by atoms with van der Waals surface area (Å²) in [4.78, 5) is 24.9. The second kappa shape index (κ2) is 8.29. The van der Waals surface area contributed by atoms with E-state index in [1.165, 1.54) is 12.1 Å². The van der Waals surface area contributed by atoms with Crippen molar-refractivity contribution in [2.24, 2.45) is 0 Å². The minimum Gasteiger partial charge on any atom is -0.326 e. The molecule has 0 aliphatic carbocycles. The van der Waals surface area contributed by atoms with Gasteiger partial charge in [-0.1, -0.05) is 29.3 Å². The lowest BCUT2D eigenvalue weighted by Gasteiger charge is -2.24. The zero-order chi connectivity index (χ0) is 18.7. The van der Waals surface area contributed by atoms with Gasteiger partial charge in [-0.15, -0.1) is 11.8 Å². The predicted octanol–water partition coefficient (Wildman–Crippen LogP) is 5.11. The number of benzene rings is 2. The Labute approximate surface area is 165 Å². The number of carbonyl (C=O) groups excluding carboxylic acids is 1. The first-order chi connectivity index (χ1) is 12.5. The first-order valence-corrected chi connectivity index (χ1v) is 9.85. The molecule has 136 valence electrons. The fourth-order valence-electron chi connectivity index (χ4n) is 2.87. The second-order valence-electron chi connectivity index (χ2n) is 5.89. The minimum absolute atomic E-state index is 0.0457. The Bertz CT molecular complexity index is 830. The number of nitro groups is 1. The molecule has 8 heteroatoms. The highest BCUT2D eigenvalue weighted by atomic mass is 35.5. The molecule has 0 saturated carbocycles. The number of hydrogen-bond donors (Lipinski definition) is 0. The molecule has 26 heavy (non-hydrogen) atoms. The molecular weight excluding hydrogens is 395 g/mol. The van der Waals surface area contributed by atoms with Gasteiger partial charge in [0, 0.05) is 40.9 Å². The van der Waals surface area contributed by atoms with Gasteiger partial charge >= 0.3 is 0 Å². The lowest BCUT2D eigenvalue weighted by atomic mass is 10.1. The molecule has 1 heterocycles. The summed E-state index contributed by atoms with van der Waals surface area (Å²) in [5.74, 6) is 0.888. The van der Waals surface area contributed by atoms with Gasteiger partial charge in [-0.05, 0) is 41.8 Å². The second-order valence-corrected chi connectivity index (χ2v) is 7.93. The van der Waals surface area contributed by atoms with Crippen LogP contribution in [0.5, 0.6) is 0 Å². The highest BCUT2D eigenvalue weighted by Gasteiger charge is 2.30. The van der Waals surface area contributed by atoms with Crippen LogP contribution in [0.3, 0.4) is 0 Å². The minimum atomic E-state index is -0.426. The number of non-ortho nitro benzene ring substituents is 1. The summed E-state index contributed by atoms with van der Waals surface area (Å²) in [7, 11) is 0. The molecule has 1 atom stereocenters. The maximum atomic E-state index is 12.7. The Morgan fingerprint density at radius 2 is 1.96 bits per heavy atom. The van der Waals surface area contributed by atoms with Gasteiger partial charge in [0.1, 0.15) is 5.37 Å². The Morgan fingerprint density at radius 1 is 1.23 bits per heavy atom. The van der Waals surface area contributed by atoms with Gasteiger partial charge in [-0.25, -0.2) is 0 Å². The molecule has 2 aromatic rings. The van der Waals surface area contributed by atoms with Gasteiger partial charge in [0.15, 0.2) is 0 Å². The first kappa shape index (κ1) is 19.0. The van der Waals surface area contributed by atoms with Crippen molar-refractivity contribution in [1.29, 1.82) is 0 Å². The third-order valence-corrected chi connectivity index (χ3v) is 6.07. The van der Waals surface area contributed by atoms with Gasteiger partial charge in [-0.3, -0.25) is 14.9 Å². The third kappa shape index (κ3) is 4.31. The molecule has 1 fully saturated rings. The normalized spacial score (nSPS) is 16.7. The van der Waals surface area contributed by atoms with E-state index in [1.807, 2.05) is 11.0 Å². The molecule has 1 aliphatic heterocycles. The Kier molecular flexibility index (Phi) is 6.06. The summed E-state index contributed by atoms with van der Waals surface area (Å²) in [6.07, 6.45) is 0.897. The number of nitrogens with zero attached hydrogens (tertiary/aromatic N) is 2.